The number of morpholine rings is 1. The summed E-state index contributed by atoms with van der Waals surface area (Å²) in [5.74, 6) is 1.50. The van der Waals surface area contributed by atoms with E-state index < -0.39 is 10.0 Å². The molecule has 0 atom stereocenters. The lowest BCUT2D eigenvalue weighted by Crippen LogP contribution is -2.36. The maximum Gasteiger partial charge on any atom is 0.242 e. The number of ether oxygens (including phenoxy) is 1. The summed E-state index contributed by atoms with van der Waals surface area (Å²) in [5, 5.41) is 0. The summed E-state index contributed by atoms with van der Waals surface area (Å²) in [6, 6.07) is 8.91. The molecule has 0 spiro atoms. The van der Waals surface area contributed by atoms with Crippen molar-refractivity contribution in [1.82, 2.24) is 24.2 Å². The van der Waals surface area contributed by atoms with Crippen molar-refractivity contribution >= 4 is 43.3 Å². The number of thiophene rings is 1. The minimum absolute atomic E-state index is 0.184. The van der Waals surface area contributed by atoms with Gasteiger partial charge in [0.05, 0.1) is 33.9 Å². The number of aromatic nitrogens is 4. The van der Waals surface area contributed by atoms with Crippen LogP contribution >= 0.6 is 11.3 Å². The summed E-state index contributed by atoms with van der Waals surface area (Å²) < 4.78 is 32.9. The van der Waals surface area contributed by atoms with Gasteiger partial charge in [-0.2, -0.15) is 0 Å². The number of nitrogen functional groups attached to an aromatic ring is 1. The molecule has 4 heterocycles. The molecule has 4 aromatic rings. The molecule has 1 aliphatic heterocycles. The Labute approximate surface area is 201 Å². The van der Waals surface area contributed by atoms with E-state index in [2.05, 4.69) is 14.9 Å². The van der Waals surface area contributed by atoms with Crippen LogP contribution in [0.1, 0.15) is 0 Å². The van der Waals surface area contributed by atoms with Gasteiger partial charge in [-0.25, -0.2) is 32.7 Å². The van der Waals surface area contributed by atoms with Crippen molar-refractivity contribution < 1.29 is 13.2 Å². The molecule has 1 saturated heterocycles. The van der Waals surface area contributed by atoms with Crippen molar-refractivity contribution in [2.75, 3.05) is 51.0 Å². The smallest absolute Gasteiger partial charge is 0.242 e. The van der Waals surface area contributed by atoms with Gasteiger partial charge in [-0.3, -0.25) is 0 Å². The fraction of sp³-hybridized carbons (Fsp3) is 0.273. The number of fused-ring (bicyclic) bond motifs is 1. The van der Waals surface area contributed by atoms with Crippen molar-refractivity contribution in [2.24, 2.45) is 0 Å². The largest absolute Gasteiger partial charge is 0.378 e. The molecule has 1 fully saturated rings. The van der Waals surface area contributed by atoms with Gasteiger partial charge in [-0.1, -0.05) is 12.1 Å². The molecule has 0 amide bonds. The number of nitrogens with zero attached hydrogens (tertiary/aromatic N) is 6. The van der Waals surface area contributed by atoms with E-state index >= 15 is 0 Å². The fourth-order valence-corrected chi connectivity index (χ4v) is 5.71. The van der Waals surface area contributed by atoms with Crippen LogP contribution < -0.4 is 10.6 Å². The zero-order valence-electron chi connectivity index (χ0n) is 18.7. The van der Waals surface area contributed by atoms with Gasteiger partial charge >= 0.3 is 0 Å². The predicted molar refractivity (Wildman–Crippen MR) is 132 cm³/mol. The molecular weight excluding hydrogens is 474 g/mol. The van der Waals surface area contributed by atoms with E-state index in [1.54, 1.807) is 30.6 Å². The quantitative estimate of drug-likeness (QED) is 0.442. The van der Waals surface area contributed by atoms with Gasteiger partial charge in [0.15, 0.2) is 11.6 Å². The Balaban J connectivity index is 1.65. The molecule has 12 heteroatoms. The summed E-state index contributed by atoms with van der Waals surface area (Å²) >= 11 is 1.54. The van der Waals surface area contributed by atoms with Crippen molar-refractivity contribution in [3.05, 3.63) is 42.7 Å². The Morgan fingerprint density at radius 2 is 1.79 bits per heavy atom. The monoisotopic (exact) mass is 497 g/mol. The first kappa shape index (κ1) is 22.6. The Morgan fingerprint density at radius 1 is 1.06 bits per heavy atom. The lowest BCUT2D eigenvalue weighted by molar-refractivity contribution is 0.122. The molecule has 34 heavy (non-hydrogen) atoms. The average Bonchev–Trinajstić information content (AvgIpc) is 3.29. The molecule has 0 unspecified atom stereocenters. The Morgan fingerprint density at radius 3 is 2.50 bits per heavy atom. The molecule has 3 aromatic heterocycles. The summed E-state index contributed by atoms with van der Waals surface area (Å²) in [4.78, 5) is 21.1. The van der Waals surface area contributed by atoms with E-state index in [0.29, 0.717) is 37.7 Å². The number of hydrogen-bond donors (Lipinski definition) is 1. The third-order valence-electron chi connectivity index (χ3n) is 5.49. The molecule has 5 rings (SSSR count). The SMILES string of the molecule is CN(C)S(=O)(=O)c1cccc(-c2cc3nc(-c4cnc(N)nc4)nc(N4CCOCC4)c3s2)c1. The average molecular weight is 498 g/mol. The van der Waals surface area contributed by atoms with Gasteiger partial charge in [-0.05, 0) is 23.8 Å². The number of sulfonamides is 1. The van der Waals surface area contributed by atoms with Crippen LogP contribution in [0.15, 0.2) is 47.6 Å². The van der Waals surface area contributed by atoms with Gasteiger partial charge in [0.1, 0.15) is 0 Å². The van der Waals surface area contributed by atoms with Crippen LogP contribution in [0, 0.1) is 0 Å². The highest BCUT2D eigenvalue weighted by Crippen LogP contribution is 2.39. The molecule has 0 radical (unpaired) electrons. The van der Waals surface area contributed by atoms with E-state index in [4.69, 9.17) is 20.4 Å². The van der Waals surface area contributed by atoms with Crippen LogP contribution in [0.2, 0.25) is 0 Å². The van der Waals surface area contributed by atoms with Gasteiger partial charge in [0.25, 0.3) is 0 Å². The first-order valence-corrected chi connectivity index (χ1v) is 12.8. The van der Waals surface area contributed by atoms with Gasteiger partial charge in [0, 0.05) is 44.5 Å². The van der Waals surface area contributed by atoms with Crippen molar-refractivity contribution in [3.8, 4) is 21.8 Å². The van der Waals surface area contributed by atoms with Crippen molar-refractivity contribution in [3.63, 3.8) is 0 Å². The molecule has 1 aromatic carbocycles. The van der Waals surface area contributed by atoms with E-state index in [1.165, 1.54) is 29.7 Å². The highest BCUT2D eigenvalue weighted by molar-refractivity contribution is 7.89. The van der Waals surface area contributed by atoms with Crippen LogP contribution in [0.3, 0.4) is 0 Å². The maximum absolute atomic E-state index is 12.6. The standard InChI is InChI=1S/C22H23N7O3S2/c1-28(2)34(30,31)16-5-3-4-14(10-16)18-11-17-19(33-18)21(29-6-8-32-9-7-29)27-20(26-17)15-12-24-22(23)25-13-15/h3-5,10-13H,6-9H2,1-2H3,(H2,23,24,25). The fourth-order valence-electron chi connectivity index (χ4n) is 3.65. The Hall–Kier alpha value is -3.19. The van der Waals surface area contributed by atoms with Crippen LogP contribution in [0.4, 0.5) is 11.8 Å². The minimum atomic E-state index is -3.55. The molecule has 2 N–H and O–H groups in total. The zero-order valence-corrected chi connectivity index (χ0v) is 20.3. The lowest BCUT2D eigenvalue weighted by Gasteiger charge is -2.28. The normalized spacial score (nSPS) is 14.7. The van der Waals surface area contributed by atoms with E-state index in [1.807, 2.05) is 12.1 Å². The second-order valence-electron chi connectivity index (χ2n) is 7.94. The molecule has 0 bridgehead atoms. The van der Waals surface area contributed by atoms with Crippen molar-refractivity contribution in [2.45, 2.75) is 4.90 Å². The van der Waals surface area contributed by atoms with Gasteiger partial charge in [0.2, 0.25) is 16.0 Å². The van der Waals surface area contributed by atoms with Crippen LogP contribution in [-0.4, -0.2) is 73.1 Å². The number of hydrogen-bond acceptors (Lipinski definition) is 10. The number of benzene rings is 1. The summed E-state index contributed by atoms with van der Waals surface area (Å²) in [6.45, 7) is 2.67. The summed E-state index contributed by atoms with van der Waals surface area (Å²) in [7, 11) is -0.501. The molecule has 0 aliphatic carbocycles. The molecular formula is C22H23N7O3S2. The summed E-state index contributed by atoms with van der Waals surface area (Å²) in [6.07, 6.45) is 3.21. The topological polar surface area (TPSA) is 127 Å². The van der Waals surface area contributed by atoms with E-state index in [9.17, 15) is 8.42 Å². The van der Waals surface area contributed by atoms with Gasteiger partial charge < -0.3 is 15.4 Å². The molecule has 176 valence electrons. The second-order valence-corrected chi connectivity index (χ2v) is 11.1. The highest BCUT2D eigenvalue weighted by atomic mass is 32.2. The minimum Gasteiger partial charge on any atom is -0.378 e. The summed E-state index contributed by atoms with van der Waals surface area (Å²) in [5.41, 5.74) is 7.88. The van der Waals surface area contributed by atoms with Gasteiger partial charge in [-0.15, -0.1) is 11.3 Å². The third kappa shape index (κ3) is 4.20. The molecule has 1 aliphatic rings. The van der Waals surface area contributed by atoms with Crippen LogP contribution in [0.25, 0.3) is 32.0 Å². The predicted octanol–water partition coefficient (Wildman–Crippen LogP) is 2.48. The Kier molecular flexibility index (Phi) is 5.90. The first-order valence-electron chi connectivity index (χ1n) is 10.6. The zero-order chi connectivity index (χ0) is 23.9. The van der Waals surface area contributed by atoms with Crippen molar-refractivity contribution in [1.29, 1.82) is 0 Å². The third-order valence-corrected chi connectivity index (χ3v) is 8.47. The number of nitrogens with two attached hydrogens (primary N) is 1. The van der Waals surface area contributed by atoms with Crippen LogP contribution in [-0.2, 0) is 14.8 Å². The van der Waals surface area contributed by atoms with E-state index in [0.717, 1.165) is 26.5 Å². The molecule has 10 nitrogen and oxygen atoms in total. The number of rotatable bonds is 5. The van der Waals surface area contributed by atoms with E-state index in [-0.39, 0.29) is 10.8 Å². The number of anilines is 2. The van der Waals surface area contributed by atoms with Crippen LogP contribution in [0.5, 0.6) is 0 Å². The lowest BCUT2D eigenvalue weighted by atomic mass is 10.2. The second kappa shape index (κ2) is 8.87. The first-order chi connectivity index (χ1) is 16.3. The highest BCUT2D eigenvalue weighted by Gasteiger charge is 2.22. The maximum atomic E-state index is 12.6. The Bertz CT molecular complexity index is 1450. The molecule has 0 saturated carbocycles.